The van der Waals surface area contributed by atoms with E-state index in [2.05, 4.69) is 17.6 Å². The predicted molar refractivity (Wildman–Crippen MR) is 81.9 cm³/mol. The Labute approximate surface area is 119 Å². The molecular weight excluding hydrogens is 268 g/mol. The number of unbranched alkanes of at least 4 members (excludes halogenated alkanes) is 1. The van der Waals surface area contributed by atoms with Gasteiger partial charge in [-0.15, -0.1) is 0 Å². The van der Waals surface area contributed by atoms with Gasteiger partial charge >= 0.3 is 0 Å². The fraction of sp³-hybridized carbons (Fsp3) is 0.462. The van der Waals surface area contributed by atoms with Crippen LogP contribution < -0.4 is 15.4 Å². The molecule has 0 aliphatic carbocycles. The van der Waals surface area contributed by atoms with Crippen molar-refractivity contribution in [2.24, 2.45) is 0 Å². The first kappa shape index (κ1) is 15.1. The summed E-state index contributed by atoms with van der Waals surface area (Å²) in [6, 6.07) is 3.71. The Hall–Kier alpha value is -1.00. The van der Waals surface area contributed by atoms with E-state index in [0.717, 1.165) is 30.6 Å². The maximum atomic E-state index is 6.05. The van der Waals surface area contributed by atoms with Crippen LogP contribution in [-0.4, -0.2) is 18.8 Å². The van der Waals surface area contributed by atoms with Crippen LogP contribution in [0.5, 0.6) is 5.75 Å². The van der Waals surface area contributed by atoms with Crippen molar-refractivity contribution in [2.45, 2.75) is 26.7 Å². The minimum absolute atomic E-state index is 0.600. The normalized spacial score (nSPS) is 10.0. The van der Waals surface area contributed by atoms with Crippen molar-refractivity contribution in [1.29, 1.82) is 0 Å². The lowest BCUT2D eigenvalue weighted by Gasteiger charge is -2.14. The summed E-state index contributed by atoms with van der Waals surface area (Å²) in [4.78, 5) is 0. The second-order valence-corrected chi connectivity index (χ2v) is 4.85. The molecule has 0 saturated carbocycles. The summed E-state index contributed by atoms with van der Waals surface area (Å²) in [6.07, 6.45) is 2.23. The van der Waals surface area contributed by atoms with Crippen molar-refractivity contribution in [3.63, 3.8) is 0 Å². The summed E-state index contributed by atoms with van der Waals surface area (Å²) in [5.74, 6) is 0.685. The molecule has 1 aromatic carbocycles. The van der Waals surface area contributed by atoms with E-state index in [0.29, 0.717) is 15.9 Å². The zero-order valence-corrected chi connectivity index (χ0v) is 12.5. The van der Waals surface area contributed by atoms with Gasteiger partial charge in [-0.25, -0.2) is 0 Å². The summed E-state index contributed by atoms with van der Waals surface area (Å²) in [5.41, 5.74) is 1.81. The smallest absolute Gasteiger partial charge is 0.170 e. The number of anilines is 1. The number of thiocarbonyl (C=S) groups is 1. The molecule has 5 heteroatoms. The minimum Gasteiger partial charge on any atom is -0.495 e. The molecule has 1 aromatic rings. The number of halogens is 1. The first-order chi connectivity index (χ1) is 8.58. The number of rotatable bonds is 5. The number of aryl methyl sites for hydroxylation is 1. The third kappa shape index (κ3) is 4.35. The van der Waals surface area contributed by atoms with E-state index in [1.54, 1.807) is 13.2 Å². The Morgan fingerprint density at radius 1 is 1.44 bits per heavy atom. The first-order valence-corrected chi connectivity index (χ1v) is 6.76. The van der Waals surface area contributed by atoms with Gasteiger partial charge in [0, 0.05) is 17.6 Å². The van der Waals surface area contributed by atoms with Gasteiger partial charge in [-0.05, 0) is 37.2 Å². The molecule has 0 amide bonds. The van der Waals surface area contributed by atoms with Gasteiger partial charge in [-0.3, -0.25) is 0 Å². The molecule has 100 valence electrons. The van der Waals surface area contributed by atoms with Gasteiger partial charge in [0.1, 0.15) is 5.75 Å². The molecule has 0 aliphatic rings. The van der Waals surface area contributed by atoms with E-state index >= 15 is 0 Å². The van der Waals surface area contributed by atoms with Crippen LogP contribution in [0.2, 0.25) is 5.02 Å². The summed E-state index contributed by atoms with van der Waals surface area (Å²) in [6.45, 7) is 4.96. The molecule has 0 atom stereocenters. The van der Waals surface area contributed by atoms with Crippen LogP contribution in [0.4, 0.5) is 5.69 Å². The Kier molecular flexibility index (Phi) is 6.22. The second kappa shape index (κ2) is 7.44. The van der Waals surface area contributed by atoms with E-state index in [1.807, 2.05) is 13.0 Å². The largest absolute Gasteiger partial charge is 0.495 e. The lowest BCUT2D eigenvalue weighted by atomic mass is 10.2. The highest BCUT2D eigenvalue weighted by Gasteiger charge is 2.08. The van der Waals surface area contributed by atoms with Crippen LogP contribution in [-0.2, 0) is 0 Å². The van der Waals surface area contributed by atoms with Gasteiger partial charge < -0.3 is 15.4 Å². The van der Waals surface area contributed by atoms with Crippen LogP contribution >= 0.6 is 23.8 Å². The molecule has 0 saturated heterocycles. The standard InChI is InChI=1S/C13H19ClN2OS/c1-4-5-6-15-13(18)16-11-7-9(2)10(14)8-12(11)17-3/h7-8H,4-6H2,1-3H3,(H2,15,16,18). The topological polar surface area (TPSA) is 33.3 Å². The molecule has 18 heavy (non-hydrogen) atoms. The lowest BCUT2D eigenvalue weighted by molar-refractivity contribution is 0.417. The van der Waals surface area contributed by atoms with Gasteiger partial charge in [0.15, 0.2) is 5.11 Å². The molecule has 0 aliphatic heterocycles. The zero-order chi connectivity index (χ0) is 13.5. The van der Waals surface area contributed by atoms with E-state index in [4.69, 9.17) is 28.6 Å². The number of hydrogen-bond acceptors (Lipinski definition) is 2. The van der Waals surface area contributed by atoms with Crippen molar-refractivity contribution in [3.8, 4) is 5.75 Å². The Morgan fingerprint density at radius 2 is 2.17 bits per heavy atom. The number of benzene rings is 1. The van der Waals surface area contributed by atoms with E-state index in [9.17, 15) is 0 Å². The number of ether oxygens (including phenoxy) is 1. The molecule has 1 rings (SSSR count). The Balaban J connectivity index is 2.71. The Morgan fingerprint density at radius 3 is 2.78 bits per heavy atom. The molecular formula is C13H19ClN2OS. The van der Waals surface area contributed by atoms with Crippen LogP contribution in [0.3, 0.4) is 0 Å². The Bertz CT molecular complexity index is 424. The highest BCUT2D eigenvalue weighted by Crippen LogP contribution is 2.30. The van der Waals surface area contributed by atoms with Gasteiger partial charge in [-0.1, -0.05) is 24.9 Å². The third-order valence-electron chi connectivity index (χ3n) is 2.54. The van der Waals surface area contributed by atoms with E-state index in [-0.39, 0.29) is 0 Å². The summed E-state index contributed by atoms with van der Waals surface area (Å²) >= 11 is 11.3. The summed E-state index contributed by atoms with van der Waals surface area (Å²) in [5, 5.41) is 7.56. The quantitative estimate of drug-likeness (QED) is 0.638. The predicted octanol–water partition coefficient (Wildman–Crippen LogP) is 3.74. The number of methoxy groups -OCH3 is 1. The van der Waals surface area contributed by atoms with Crippen molar-refractivity contribution < 1.29 is 4.74 Å². The van der Waals surface area contributed by atoms with E-state index < -0.39 is 0 Å². The highest BCUT2D eigenvalue weighted by molar-refractivity contribution is 7.80. The maximum Gasteiger partial charge on any atom is 0.170 e. The average molecular weight is 287 g/mol. The van der Waals surface area contributed by atoms with Crippen molar-refractivity contribution in [2.75, 3.05) is 19.0 Å². The van der Waals surface area contributed by atoms with Crippen LogP contribution in [0.1, 0.15) is 25.3 Å². The molecule has 0 radical (unpaired) electrons. The molecule has 2 N–H and O–H groups in total. The van der Waals surface area contributed by atoms with Crippen LogP contribution in [0.15, 0.2) is 12.1 Å². The molecule has 0 bridgehead atoms. The maximum absolute atomic E-state index is 6.05. The van der Waals surface area contributed by atoms with Gasteiger partial charge in [-0.2, -0.15) is 0 Å². The molecule has 0 fully saturated rings. The third-order valence-corrected chi connectivity index (χ3v) is 3.20. The molecule has 0 spiro atoms. The number of nitrogens with one attached hydrogen (secondary N) is 2. The zero-order valence-electron chi connectivity index (χ0n) is 11.0. The monoisotopic (exact) mass is 286 g/mol. The van der Waals surface area contributed by atoms with E-state index in [1.165, 1.54) is 0 Å². The molecule has 0 heterocycles. The molecule has 0 aromatic heterocycles. The average Bonchev–Trinajstić information content (AvgIpc) is 2.34. The molecule has 3 nitrogen and oxygen atoms in total. The van der Waals surface area contributed by atoms with Gasteiger partial charge in [0.2, 0.25) is 0 Å². The summed E-state index contributed by atoms with van der Waals surface area (Å²) < 4.78 is 5.27. The van der Waals surface area contributed by atoms with Crippen LogP contribution in [0.25, 0.3) is 0 Å². The number of hydrogen-bond donors (Lipinski definition) is 2. The van der Waals surface area contributed by atoms with Crippen molar-refractivity contribution in [1.82, 2.24) is 5.32 Å². The fourth-order valence-electron chi connectivity index (χ4n) is 1.48. The molecule has 0 unspecified atom stereocenters. The lowest BCUT2D eigenvalue weighted by Crippen LogP contribution is -2.29. The highest BCUT2D eigenvalue weighted by atomic mass is 35.5. The SMILES string of the molecule is CCCCNC(=S)Nc1cc(C)c(Cl)cc1OC. The van der Waals surface area contributed by atoms with Crippen molar-refractivity contribution in [3.05, 3.63) is 22.7 Å². The first-order valence-electron chi connectivity index (χ1n) is 5.97. The van der Waals surface area contributed by atoms with Crippen molar-refractivity contribution >= 4 is 34.6 Å². The van der Waals surface area contributed by atoms with Gasteiger partial charge in [0.05, 0.1) is 12.8 Å². The minimum atomic E-state index is 0.600. The van der Waals surface area contributed by atoms with Crippen LogP contribution in [0, 0.1) is 6.92 Å². The fourth-order valence-corrected chi connectivity index (χ4v) is 1.84. The van der Waals surface area contributed by atoms with Gasteiger partial charge in [0.25, 0.3) is 0 Å². The second-order valence-electron chi connectivity index (χ2n) is 4.04. The summed E-state index contributed by atoms with van der Waals surface area (Å²) in [7, 11) is 1.61.